The van der Waals surface area contributed by atoms with Crippen LogP contribution in [0.4, 0.5) is 0 Å². The molecule has 0 unspecified atom stereocenters. The molecule has 1 saturated carbocycles. The number of amides is 1. The van der Waals surface area contributed by atoms with Crippen LogP contribution in [0.3, 0.4) is 0 Å². The van der Waals surface area contributed by atoms with Gasteiger partial charge >= 0.3 is 0 Å². The summed E-state index contributed by atoms with van der Waals surface area (Å²) in [5, 5.41) is 3.84. The molecule has 138 valence electrons. The maximum absolute atomic E-state index is 12.4. The van der Waals surface area contributed by atoms with Crippen molar-refractivity contribution < 1.29 is 9.53 Å². The second-order valence-corrected chi connectivity index (χ2v) is 7.27. The summed E-state index contributed by atoms with van der Waals surface area (Å²) in [6.07, 6.45) is 5.16. The molecule has 3 rings (SSSR count). The van der Waals surface area contributed by atoms with Crippen molar-refractivity contribution in [3.63, 3.8) is 0 Å². The van der Waals surface area contributed by atoms with Crippen molar-refractivity contribution in [2.45, 2.75) is 37.1 Å². The standard InChI is InChI=1S/C20H24ClN3O2/c1-26-18-6-5-14(12-23-18)19(25)24-17-7-9-20(13-22,10-8-17)15-3-2-4-16(21)11-15/h2-6,11-12,17H,7-10,13,22H2,1H3,(H,24,25)/t17-,20-. The summed E-state index contributed by atoms with van der Waals surface area (Å²) in [5.74, 6) is 0.390. The van der Waals surface area contributed by atoms with Gasteiger partial charge in [-0.2, -0.15) is 0 Å². The number of rotatable bonds is 5. The molecule has 0 atom stereocenters. The lowest BCUT2D eigenvalue weighted by Gasteiger charge is -2.40. The van der Waals surface area contributed by atoms with Gasteiger partial charge in [-0.1, -0.05) is 23.7 Å². The quantitative estimate of drug-likeness (QED) is 0.842. The largest absolute Gasteiger partial charge is 0.481 e. The first-order valence-electron chi connectivity index (χ1n) is 8.83. The van der Waals surface area contributed by atoms with Gasteiger partial charge < -0.3 is 15.8 Å². The summed E-state index contributed by atoms with van der Waals surface area (Å²) < 4.78 is 5.02. The molecule has 1 aromatic carbocycles. The van der Waals surface area contributed by atoms with E-state index in [1.54, 1.807) is 19.2 Å². The predicted octanol–water partition coefficient (Wildman–Crippen LogP) is 3.31. The van der Waals surface area contributed by atoms with Crippen molar-refractivity contribution in [2.24, 2.45) is 5.73 Å². The fraction of sp³-hybridized carbons (Fsp3) is 0.400. The zero-order valence-electron chi connectivity index (χ0n) is 14.9. The number of hydrogen-bond donors (Lipinski definition) is 2. The molecule has 0 saturated heterocycles. The number of carbonyl (C=O) groups is 1. The zero-order valence-corrected chi connectivity index (χ0v) is 15.6. The topological polar surface area (TPSA) is 77.2 Å². The fourth-order valence-corrected chi connectivity index (χ4v) is 3.84. The number of methoxy groups -OCH3 is 1. The van der Waals surface area contributed by atoms with E-state index in [0.717, 1.165) is 30.7 Å². The Morgan fingerprint density at radius 2 is 2.12 bits per heavy atom. The van der Waals surface area contributed by atoms with Crippen molar-refractivity contribution in [1.29, 1.82) is 0 Å². The first-order chi connectivity index (χ1) is 12.6. The van der Waals surface area contributed by atoms with E-state index in [1.807, 2.05) is 18.2 Å². The molecule has 1 amide bonds. The molecule has 1 heterocycles. The van der Waals surface area contributed by atoms with Crippen LogP contribution < -0.4 is 15.8 Å². The molecule has 0 aliphatic heterocycles. The van der Waals surface area contributed by atoms with Gasteiger partial charge in [0.2, 0.25) is 5.88 Å². The molecule has 0 spiro atoms. The third kappa shape index (κ3) is 4.00. The van der Waals surface area contributed by atoms with Crippen LogP contribution in [0.25, 0.3) is 0 Å². The van der Waals surface area contributed by atoms with Crippen LogP contribution in [0.15, 0.2) is 42.6 Å². The SMILES string of the molecule is COc1ccc(C(=O)N[C@H]2CC[C@](CN)(c3cccc(Cl)c3)CC2)cn1. The van der Waals surface area contributed by atoms with Gasteiger partial charge in [-0.3, -0.25) is 4.79 Å². The molecule has 0 bridgehead atoms. The molecule has 2 aromatic rings. The van der Waals surface area contributed by atoms with E-state index >= 15 is 0 Å². The Bertz CT molecular complexity index is 756. The minimum atomic E-state index is -0.104. The smallest absolute Gasteiger partial charge is 0.253 e. The number of hydrogen-bond acceptors (Lipinski definition) is 4. The summed E-state index contributed by atoms with van der Waals surface area (Å²) in [6.45, 7) is 0.580. The Morgan fingerprint density at radius 3 is 2.69 bits per heavy atom. The Balaban J connectivity index is 1.62. The van der Waals surface area contributed by atoms with Crippen LogP contribution in [0.1, 0.15) is 41.6 Å². The molecule has 3 N–H and O–H groups in total. The highest BCUT2D eigenvalue weighted by atomic mass is 35.5. The third-order valence-corrected chi connectivity index (χ3v) is 5.55. The van der Waals surface area contributed by atoms with Crippen LogP contribution in [0, 0.1) is 0 Å². The highest BCUT2D eigenvalue weighted by Gasteiger charge is 2.36. The predicted molar refractivity (Wildman–Crippen MR) is 103 cm³/mol. The fourth-order valence-electron chi connectivity index (χ4n) is 3.65. The van der Waals surface area contributed by atoms with E-state index in [2.05, 4.69) is 16.4 Å². The van der Waals surface area contributed by atoms with Crippen molar-refractivity contribution in [3.05, 3.63) is 58.7 Å². The first kappa shape index (κ1) is 18.7. The maximum atomic E-state index is 12.4. The van der Waals surface area contributed by atoms with Gasteiger partial charge in [-0.05, 0) is 49.4 Å². The second-order valence-electron chi connectivity index (χ2n) is 6.83. The number of aromatic nitrogens is 1. The molecular weight excluding hydrogens is 350 g/mol. The van der Waals surface area contributed by atoms with E-state index in [-0.39, 0.29) is 17.4 Å². The van der Waals surface area contributed by atoms with Crippen LogP contribution in [-0.2, 0) is 5.41 Å². The van der Waals surface area contributed by atoms with Crippen molar-refractivity contribution in [3.8, 4) is 5.88 Å². The summed E-state index contributed by atoms with van der Waals surface area (Å²) in [6, 6.07) is 11.5. The molecule has 26 heavy (non-hydrogen) atoms. The van der Waals surface area contributed by atoms with Crippen LogP contribution in [0.2, 0.25) is 5.02 Å². The number of pyridine rings is 1. The van der Waals surface area contributed by atoms with Crippen LogP contribution >= 0.6 is 11.6 Å². The molecule has 1 fully saturated rings. The average molecular weight is 374 g/mol. The lowest BCUT2D eigenvalue weighted by molar-refractivity contribution is 0.0917. The Kier molecular flexibility index (Phi) is 5.79. The van der Waals surface area contributed by atoms with E-state index in [1.165, 1.54) is 11.8 Å². The summed E-state index contributed by atoms with van der Waals surface area (Å²) in [7, 11) is 1.55. The Morgan fingerprint density at radius 1 is 1.35 bits per heavy atom. The van der Waals surface area contributed by atoms with Gasteiger partial charge in [0.05, 0.1) is 12.7 Å². The maximum Gasteiger partial charge on any atom is 0.253 e. The lowest BCUT2D eigenvalue weighted by Crippen LogP contribution is -2.45. The van der Waals surface area contributed by atoms with Crippen molar-refractivity contribution >= 4 is 17.5 Å². The number of nitrogens with two attached hydrogens (primary N) is 1. The summed E-state index contributed by atoms with van der Waals surface area (Å²) in [5.41, 5.74) is 7.80. The lowest BCUT2D eigenvalue weighted by atomic mass is 9.68. The number of carbonyl (C=O) groups excluding carboxylic acids is 1. The number of ether oxygens (including phenoxy) is 1. The number of nitrogens with zero attached hydrogens (tertiary/aromatic N) is 1. The highest BCUT2D eigenvalue weighted by Crippen LogP contribution is 2.39. The zero-order chi connectivity index (χ0) is 18.6. The Hall–Kier alpha value is -2.11. The summed E-state index contributed by atoms with van der Waals surface area (Å²) >= 11 is 6.16. The minimum absolute atomic E-state index is 0.0617. The van der Waals surface area contributed by atoms with Crippen LogP contribution in [0.5, 0.6) is 5.88 Å². The van der Waals surface area contributed by atoms with Gasteiger partial charge in [0.1, 0.15) is 0 Å². The molecule has 1 aliphatic rings. The number of halogens is 1. The van der Waals surface area contributed by atoms with Gasteiger partial charge in [0.25, 0.3) is 5.91 Å². The second kappa shape index (κ2) is 8.06. The average Bonchev–Trinajstić information content (AvgIpc) is 2.69. The summed E-state index contributed by atoms with van der Waals surface area (Å²) in [4.78, 5) is 16.5. The van der Waals surface area contributed by atoms with E-state index in [0.29, 0.717) is 18.0 Å². The molecule has 6 heteroatoms. The van der Waals surface area contributed by atoms with Gasteiger partial charge in [-0.15, -0.1) is 0 Å². The highest BCUT2D eigenvalue weighted by molar-refractivity contribution is 6.30. The first-order valence-corrected chi connectivity index (χ1v) is 9.21. The minimum Gasteiger partial charge on any atom is -0.481 e. The molecule has 0 radical (unpaired) electrons. The van der Waals surface area contributed by atoms with Gasteiger partial charge in [-0.25, -0.2) is 4.98 Å². The number of benzene rings is 1. The monoisotopic (exact) mass is 373 g/mol. The number of nitrogens with one attached hydrogen (secondary N) is 1. The van der Waals surface area contributed by atoms with Gasteiger partial charge in [0.15, 0.2) is 0 Å². The van der Waals surface area contributed by atoms with Crippen molar-refractivity contribution in [1.82, 2.24) is 10.3 Å². The molecule has 1 aromatic heterocycles. The van der Waals surface area contributed by atoms with E-state index in [9.17, 15) is 4.79 Å². The van der Waals surface area contributed by atoms with E-state index < -0.39 is 0 Å². The van der Waals surface area contributed by atoms with E-state index in [4.69, 9.17) is 22.1 Å². The van der Waals surface area contributed by atoms with Crippen molar-refractivity contribution in [2.75, 3.05) is 13.7 Å². The molecule has 1 aliphatic carbocycles. The third-order valence-electron chi connectivity index (χ3n) is 5.31. The van der Waals surface area contributed by atoms with Gasteiger partial charge in [0, 0.05) is 35.3 Å². The van der Waals surface area contributed by atoms with Crippen LogP contribution in [-0.4, -0.2) is 30.6 Å². The normalized spacial score (nSPS) is 22.7. The molecule has 5 nitrogen and oxygen atoms in total. The molecular formula is C20H24ClN3O2. The Labute approximate surface area is 158 Å².